The highest BCUT2D eigenvalue weighted by molar-refractivity contribution is 9.10. The summed E-state index contributed by atoms with van der Waals surface area (Å²) >= 11 is 3.09. The van der Waals surface area contributed by atoms with Crippen molar-refractivity contribution >= 4 is 37.6 Å². The molecule has 0 amide bonds. The molecular weight excluding hydrogens is 389 g/mol. The molecule has 0 saturated carbocycles. The maximum atomic E-state index is 13.7. The summed E-state index contributed by atoms with van der Waals surface area (Å²) < 4.78 is 40.9. The molecule has 2 rings (SSSR count). The Morgan fingerprint density at radius 1 is 1.17 bits per heavy atom. The van der Waals surface area contributed by atoms with Gasteiger partial charge in [-0.15, -0.1) is 0 Å². The quantitative estimate of drug-likeness (QED) is 0.776. The number of carbonyl (C=O) groups is 1. The van der Waals surface area contributed by atoms with Crippen LogP contribution in [-0.4, -0.2) is 19.5 Å². The van der Waals surface area contributed by atoms with E-state index in [1.54, 1.807) is 0 Å². The van der Waals surface area contributed by atoms with Crippen molar-refractivity contribution in [1.29, 1.82) is 0 Å². The number of anilines is 1. The summed E-state index contributed by atoms with van der Waals surface area (Å²) in [5, 5.41) is 8.62. The molecule has 0 fully saturated rings. The number of carboxylic acid groups (broad SMARTS) is 1. The number of halogens is 2. The molecule has 0 aliphatic rings. The van der Waals surface area contributed by atoms with Crippen molar-refractivity contribution in [2.24, 2.45) is 0 Å². The molecular formula is C15H13BrFNO4S. The van der Waals surface area contributed by atoms with E-state index in [9.17, 15) is 17.6 Å². The van der Waals surface area contributed by atoms with Crippen LogP contribution in [-0.2, 0) is 21.2 Å². The van der Waals surface area contributed by atoms with Crippen molar-refractivity contribution in [3.63, 3.8) is 0 Å². The molecule has 23 heavy (non-hydrogen) atoms. The molecule has 0 unspecified atom stereocenters. The maximum Gasteiger partial charge on any atom is 0.303 e. The molecule has 0 saturated heterocycles. The number of carboxylic acids is 1. The van der Waals surface area contributed by atoms with Crippen LogP contribution in [0.15, 0.2) is 51.8 Å². The normalized spacial score (nSPS) is 11.2. The highest BCUT2D eigenvalue weighted by atomic mass is 79.9. The second kappa shape index (κ2) is 7.10. The van der Waals surface area contributed by atoms with Gasteiger partial charge >= 0.3 is 5.97 Å². The third-order valence-corrected chi connectivity index (χ3v) is 4.91. The zero-order valence-electron chi connectivity index (χ0n) is 11.8. The summed E-state index contributed by atoms with van der Waals surface area (Å²) in [6.45, 7) is 0. The van der Waals surface area contributed by atoms with E-state index in [4.69, 9.17) is 5.11 Å². The molecule has 8 heteroatoms. The molecule has 0 heterocycles. The van der Waals surface area contributed by atoms with Gasteiger partial charge in [-0.05, 0) is 42.3 Å². The van der Waals surface area contributed by atoms with Gasteiger partial charge in [-0.2, -0.15) is 0 Å². The minimum Gasteiger partial charge on any atom is -0.481 e. The van der Waals surface area contributed by atoms with E-state index < -0.39 is 21.8 Å². The second-order valence-corrected chi connectivity index (χ2v) is 7.37. The fourth-order valence-corrected chi connectivity index (χ4v) is 3.26. The summed E-state index contributed by atoms with van der Waals surface area (Å²) in [5.41, 5.74) is 0.560. The van der Waals surface area contributed by atoms with Gasteiger partial charge in [0.2, 0.25) is 0 Å². The van der Waals surface area contributed by atoms with Crippen LogP contribution in [0.25, 0.3) is 0 Å². The predicted octanol–water partition coefficient (Wildman–Crippen LogP) is 3.41. The summed E-state index contributed by atoms with van der Waals surface area (Å²) in [6, 6.07) is 9.79. The number of benzene rings is 2. The van der Waals surface area contributed by atoms with Crippen LogP contribution in [0, 0.1) is 5.82 Å². The molecule has 2 aromatic rings. The Kier molecular flexibility index (Phi) is 5.38. The molecule has 0 radical (unpaired) electrons. The standard InChI is InChI=1S/C15H13BrFNO4S/c16-11-4-7-14(13(17)9-11)18-23(21,22)12-5-1-10(2-6-12)3-8-15(19)20/h1-2,4-7,9,18H,3,8H2,(H,19,20). The lowest BCUT2D eigenvalue weighted by Crippen LogP contribution is -2.14. The molecule has 2 N–H and O–H groups in total. The van der Waals surface area contributed by atoms with Gasteiger partial charge in [0.25, 0.3) is 10.0 Å². The molecule has 0 aliphatic heterocycles. The van der Waals surface area contributed by atoms with Gasteiger partial charge in [0, 0.05) is 10.9 Å². The summed E-state index contributed by atoms with van der Waals surface area (Å²) in [4.78, 5) is 10.5. The molecule has 0 spiro atoms. The topological polar surface area (TPSA) is 83.5 Å². The zero-order chi connectivity index (χ0) is 17.0. The molecule has 122 valence electrons. The van der Waals surface area contributed by atoms with Crippen LogP contribution >= 0.6 is 15.9 Å². The van der Waals surface area contributed by atoms with E-state index in [-0.39, 0.29) is 17.0 Å². The summed E-state index contributed by atoms with van der Waals surface area (Å²) in [7, 11) is -3.92. The van der Waals surface area contributed by atoms with E-state index in [0.29, 0.717) is 16.5 Å². The lowest BCUT2D eigenvalue weighted by Gasteiger charge is -2.10. The van der Waals surface area contributed by atoms with Crippen LogP contribution in [0.4, 0.5) is 10.1 Å². The van der Waals surface area contributed by atoms with Gasteiger partial charge < -0.3 is 5.11 Å². The first-order chi connectivity index (χ1) is 10.8. The van der Waals surface area contributed by atoms with Crippen molar-refractivity contribution in [1.82, 2.24) is 0 Å². The van der Waals surface area contributed by atoms with Gasteiger partial charge in [0.05, 0.1) is 10.6 Å². The largest absolute Gasteiger partial charge is 0.481 e. The zero-order valence-corrected chi connectivity index (χ0v) is 14.2. The van der Waals surface area contributed by atoms with E-state index in [2.05, 4.69) is 20.7 Å². The minimum absolute atomic E-state index is 0.0288. The first-order valence-electron chi connectivity index (χ1n) is 6.56. The van der Waals surface area contributed by atoms with Crippen LogP contribution in [0.5, 0.6) is 0 Å². The van der Waals surface area contributed by atoms with Gasteiger partial charge in [-0.25, -0.2) is 12.8 Å². The first-order valence-corrected chi connectivity index (χ1v) is 8.84. The third kappa shape index (κ3) is 4.77. The Morgan fingerprint density at radius 3 is 2.39 bits per heavy atom. The van der Waals surface area contributed by atoms with E-state index in [0.717, 1.165) is 6.07 Å². The lowest BCUT2D eigenvalue weighted by atomic mass is 10.1. The van der Waals surface area contributed by atoms with Crippen molar-refractivity contribution in [2.75, 3.05) is 4.72 Å². The minimum atomic E-state index is -3.92. The van der Waals surface area contributed by atoms with Gasteiger partial charge in [-0.1, -0.05) is 28.1 Å². The lowest BCUT2D eigenvalue weighted by molar-refractivity contribution is -0.136. The maximum absolute atomic E-state index is 13.7. The van der Waals surface area contributed by atoms with Gasteiger partial charge in [0.15, 0.2) is 0 Å². The Hall–Kier alpha value is -1.93. The molecule has 2 aromatic carbocycles. The van der Waals surface area contributed by atoms with Crippen LogP contribution in [0.3, 0.4) is 0 Å². The van der Waals surface area contributed by atoms with Crippen LogP contribution in [0.2, 0.25) is 0 Å². The smallest absolute Gasteiger partial charge is 0.303 e. The van der Waals surface area contributed by atoms with Crippen molar-refractivity contribution in [3.8, 4) is 0 Å². The van der Waals surface area contributed by atoms with Gasteiger partial charge in [0.1, 0.15) is 5.82 Å². The van der Waals surface area contributed by atoms with E-state index in [1.165, 1.54) is 36.4 Å². The summed E-state index contributed by atoms with van der Waals surface area (Å²) in [6.07, 6.45) is 0.277. The predicted molar refractivity (Wildman–Crippen MR) is 87.3 cm³/mol. The number of aryl methyl sites for hydroxylation is 1. The monoisotopic (exact) mass is 401 g/mol. The number of sulfonamides is 1. The molecule has 0 aliphatic carbocycles. The van der Waals surface area contributed by atoms with Crippen LogP contribution in [0.1, 0.15) is 12.0 Å². The highest BCUT2D eigenvalue weighted by Crippen LogP contribution is 2.22. The van der Waals surface area contributed by atoms with E-state index >= 15 is 0 Å². The van der Waals surface area contributed by atoms with Crippen molar-refractivity contribution in [3.05, 3.63) is 58.3 Å². The second-order valence-electron chi connectivity index (χ2n) is 4.77. The number of aliphatic carboxylic acids is 1. The molecule has 0 bridgehead atoms. The highest BCUT2D eigenvalue weighted by Gasteiger charge is 2.16. The van der Waals surface area contributed by atoms with Gasteiger partial charge in [-0.3, -0.25) is 9.52 Å². The Bertz CT molecular complexity index is 822. The molecule has 5 nitrogen and oxygen atoms in total. The average molecular weight is 402 g/mol. The fraction of sp³-hybridized carbons (Fsp3) is 0.133. The number of hydrogen-bond donors (Lipinski definition) is 2. The SMILES string of the molecule is O=C(O)CCc1ccc(S(=O)(=O)Nc2ccc(Br)cc2F)cc1. The number of nitrogens with one attached hydrogen (secondary N) is 1. The fourth-order valence-electron chi connectivity index (χ4n) is 1.86. The Balaban J connectivity index is 2.17. The van der Waals surface area contributed by atoms with Crippen LogP contribution < -0.4 is 4.72 Å². The van der Waals surface area contributed by atoms with Crippen molar-refractivity contribution < 1.29 is 22.7 Å². The number of rotatable bonds is 6. The van der Waals surface area contributed by atoms with E-state index in [1.807, 2.05) is 0 Å². The first kappa shape index (κ1) is 17.4. The third-order valence-electron chi connectivity index (χ3n) is 3.04. The summed E-state index contributed by atoms with van der Waals surface area (Å²) in [5.74, 6) is -1.62. The number of hydrogen-bond acceptors (Lipinski definition) is 3. The Labute approximate surface area is 141 Å². The molecule has 0 aromatic heterocycles. The molecule has 0 atom stereocenters. The average Bonchev–Trinajstić information content (AvgIpc) is 2.48. The van der Waals surface area contributed by atoms with Crippen molar-refractivity contribution in [2.45, 2.75) is 17.7 Å². The Morgan fingerprint density at radius 2 is 1.83 bits per heavy atom.